The molecule has 1 fully saturated rings. The van der Waals surface area contributed by atoms with Gasteiger partial charge < -0.3 is 10.6 Å². The number of hydrogen-bond acceptors (Lipinski definition) is 3. The topological polar surface area (TPSA) is 47.1 Å². The van der Waals surface area contributed by atoms with E-state index >= 15 is 0 Å². The molecule has 4 nitrogen and oxygen atoms in total. The minimum Gasteiger partial charge on any atom is -0.356 e. The molecule has 1 unspecified atom stereocenters. The number of aromatic nitrogens is 2. The third kappa shape index (κ3) is 2.20. The standard InChI is InChI=1S/C16H22N4/c1-12-8-9-19(11-12)16-15(10-17)13(2)18-20(16)14-6-4-3-5-7-14/h3-7,12H,8-11,17H2,1-2H3. The van der Waals surface area contributed by atoms with E-state index in [1.54, 1.807) is 0 Å². The van der Waals surface area contributed by atoms with Crippen molar-refractivity contribution in [3.8, 4) is 5.69 Å². The Hall–Kier alpha value is -1.81. The first kappa shape index (κ1) is 13.2. The lowest BCUT2D eigenvalue weighted by molar-refractivity contribution is 0.657. The second-order valence-corrected chi connectivity index (χ2v) is 5.68. The summed E-state index contributed by atoms with van der Waals surface area (Å²) in [5.41, 5.74) is 9.27. The van der Waals surface area contributed by atoms with Crippen molar-refractivity contribution in [2.75, 3.05) is 18.0 Å². The number of nitrogens with zero attached hydrogens (tertiary/aromatic N) is 3. The second kappa shape index (κ2) is 5.29. The first-order valence-corrected chi connectivity index (χ1v) is 7.29. The molecular weight excluding hydrogens is 248 g/mol. The van der Waals surface area contributed by atoms with Crippen molar-refractivity contribution < 1.29 is 0 Å². The van der Waals surface area contributed by atoms with Crippen LogP contribution in [0.15, 0.2) is 30.3 Å². The van der Waals surface area contributed by atoms with Gasteiger partial charge >= 0.3 is 0 Å². The number of hydrogen-bond donors (Lipinski definition) is 1. The molecule has 20 heavy (non-hydrogen) atoms. The lowest BCUT2D eigenvalue weighted by Gasteiger charge is -2.21. The molecule has 2 N–H and O–H groups in total. The van der Waals surface area contributed by atoms with Crippen LogP contribution in [0.3, 0.4) is 0 Å². The molecule has 3 rings (SSSR count). The quantitative estimate of drug-likeness (QED) is 0.932. The van der Waals surface area contributed by atoms with Gasteiger partial charge in [-0.15, -0.1) is 0 Å². The molecule has 2 aromatic rings. The zero-order valence-electron chi connectivity index (χ0n) is 12.2. The van der Waals surface area contributed by atoms with Gasteiger partial charge in [0.25, 0.3) is 0 Å². The van der Waals surface area contributed by atoms with E-state index in [9.17, 15) is 0 Å². The van der Waals surface area contributed by atoms with E-state index in [4.69, 9.17) is 10.8 Å². The highest BCUT2D eigenvalue weighted by Gasteiger charge is 2.26. The van der Waals surface area contributed by atoms with E-state index < -0.39 is 0 Å². The molecule has 1 aliphatic heterocycles. The Balaban J connectivity index is 2.10. The average molecular weight is 270 g/mol. The van der Waals surface area contributed by atoms with Crippen LogP contribution in [0.4, 0.5) is 5.82 Å². The fourth-order valence-corrected chi connectivity index (χ4v) is 2.99. The van der Waals surface area contributed by atoms with Crippen LogP contribution in [-0.4, -0.2) is 22.9 Å². The van der Waals surface area contributed by atoms with Crippen LogP contribution in [-0.2, 0) is 6.54 Å². The van der Waals surface area contributed by atoms with Crippen LogP contribution in [0, 0.1) is 12.8 Å². The van der Waals surface area contributed by atoms with Crippen molar-refractivity contribution >= 4 is 5.82 Å². The minimum atomic E-state index is 0.541. The van der Waals surface area contributed by atoms with Crippen LogP contribution < -0.4 is 10.6 Å². The van der Waals surface area contributed by atoms with Crippen molar-refractivity contribution in [1.29, 1.82) is 0 Å². The molecule has 4 heteroatoms. The van der Waals surface area contributed by atoms with Gasteiger partial charge in [-0.25, -0.2) is 4.68 Å². The summed E-state index contributed by atoms with van der Waals surface area (Å²) in [6.07, 6.45) is 1.24. The monoisotopic (exact) mass is 270 g/mol. The molecule has 106 valence electrons. The van der Waals surface area contributed by atoms with E-state index in [2.05, 4.69) is 28.6 Å². The predicted molar refractivity (Wildman–Crippen MR) is 82.2 cm³/mol. The van der Waals surface area contributed by atoms with Gasteiger partial charge in [0.2, 0.25) is 0 Å². The SMILES string of the molecule is Cc1nn(-c2ccccc2)c(N2CCC(C)C2)c1CN. The molecule has 1 aliphatic rings. The second-order valence-electron chi connectivity index (χ2n) is 5.68. The molecular formula is C16H22N4. The third-order valence-corrected chi connectivity index (χ3v) is 4.09. The van der Waals surface area contributed by atoms with Gasteiger partial charge in [-0.05, 0) is 31.4 Å². The van der Waals surface area contributed by atoms with Crippen molar-refractivity contribution in [3.63, 3.8) is 0 Å². The molecule has 0 radical (unpaired) electrons. The lowest BCUT2D eigenvalue weighted by atomic mass is 10.2. The Morgan fingerprint density at radius 1 is 1.30 bits per heavy atom. The Bertz CT molecular complexity index is 588. The Labute approximate surface area is 120 Å². The maximum absolute atomic E-state index is 5.97. The normalized spacial score (nSPS) is 18.8. The van der Waals surface area contributed by atoms with Gasteiger partial charge in [0.15, 0.2) is 0 Å². The van der Waals surface area contributed by atoms with Crippen molar-refractivity contribution in [1.82, 2.24) is 9.78 Å². The Kier molecular flexibility index (Phi) is 3.49. The van der Waals surface area contributed by atoms with Crippen LogP contribution >= 0.6 is 0 Å². The molecule has 1 aromatic heterocycles. The Morgan fingerprint density at radius 3 is 2.65 bits per heavy atom. The van der Waals surface area contributed by atoms with E-state index in [0.29, 0.717) is 6.54 Å². The van der Waals surface area contributed by atoms with Crippen LogP contribution in [0.2, 0.25) is 0 Å². The number of nitrogens with two attached hydrogens (primary N) is 1. The molecule has 1 saturated heterocycles. The first-order valence-electron chi connectivity index (χ1n) is 7.29. The summed E-state index contributed by atoms with van der Waals surface area (Å²) in [7, 11) is 0. The number of aryl methyl sites for hydroxylation is 1. The van der Waals surface area contributed by atoms with Gasteiger partial charge in [-0.1, -0.05) is 25.1 Å². The number of para-hydroxylation sites is 1. The highest BCUT2D eigenvalue weighted by atomic mass is 15.4. The largest absolute Gasteiger partial charge is 0.356 e. The fourth-order valence-electron chi connectivity index (χ4n) is 2.99. The molecule has 2 heterocycles. The molecule has 0 saturated carbocycles. The highest BCUT2D eigenvalue weighted by molar-refractivity contribution is 5.55. The smallest absolute Gasteiger partial charge is 0.137 e. The number of anilines is 1. The van der Waals surface area contributed by atoms with E-state index in [1.165, 1.54) is 17.8 Å². The van der Waals surface area contributed by atoms with Crippen LogP contribution in [0.5, 0.6) is 0 Å². The molecule has 0 spiro atoms. The molecule has 1 atom stereocenters. The van der Waals surface area contributed by atoms with Crippen molar-refractivity contribution in [2.24, 2.45) is 11.7 Å². The predicted octanol–water partition coefficient (Wildman–Crippen LogP) is 2.49. The molecule has 1 aromatic carbocycles. The van der Waals surface area contributed by atoms with E-state index in [0.717, 1.165) is 30.4 Å². The minimum absolute atomic E-state index is 0.541. The van der Waals surface area contributed by atoms with E-state index in [1.807, 2.05) is 25.1 Å². The molecule has 0 aliphatic carbocycles. The lowest BCUT2D eigenvalue weighted by Crippen LogP contribution is -2.24. The van der Waals surface area contributed by atoms with Gasteiger partial charge in [0, 0.05) is 25.2 Å². The maximum Gasteiger partial charge on any atom is 0.137 e. The summed E-state index contributed by atoms with van der Waals surface area (Å²) >= 11 is 0. The van der Waals surface area contributed by atoms with Gasteiger partial charge in [-0.3, -0.25) is 0 Å². The summed E-state index contributed by atoms with van der Waals surface area (Å²) in [6.45, 7) is 7.07. The third-order valence-electron chi connectivity index (χ3n) is 4.09. The fraction of sp³-hybridized carbons (Fsp3) is 0.438. The first-order chi connectivity index (χ1) is 9.70. The number of rotatable bonds is 3. The van der Waals surface area contributed by atoms with Crippen molar-refractivity contribution in [3.05, 3.63) is 41.6 Å². The zero-order valence-corrected chi connectivity index (χ0v) is 12.2. The van der Waals surface area contributed by atoms with Crippen LogP contribution in [0.25, 0.3) is 5.69 Å². The average Bonchev–Trinajstić information content (AvgIpc) is 3.03. The van der Waals surface area contributed by atoms with Crippen LogP contribution in [0.1, 0.15) is 24.6 Å². The summed E-state index contributed by atoms with van der Waals surface area (Å²) < 4.78 is 2.05. The number of benzene rings is 1. The molecule has 0 amide bonds. The summed E-state index contributed by atoms with van der Waals surface area (Å²) in [6, 6.07) is 10.3. The maximum atomic E-state index is 5.97. The Morgan fingerprint density at radius 2 is 2.05 bits per heavy atom. The summed E-state index contributed by atoms with van der Waals surface area (Å²) in [4.78, 5) is 2.43. The van der Waals surface area contributed by atoms with Gasteiger partial charge in [-0.2, -0.15) is 5.10 Å². The van der Waals surface area contributed by atoms with Gasteiger partial charge in [0.1, 0.15) is 5.82 Å². The van der Waals surface area contributed by atoms with Crippen molar-refractivity contribution in [2.45, 2.75) is 26.8 Å². The zero-order chi connectivity index (χ0) is 14.1. The highest BCUT2D eigenvalue weighted by Crippen LogP contribution is 2.31. The van der Waals surface area contributed by atoms with E-state index in [-0.39, 0.29) is 0 Å². The van der Waals surface area contributed by atoms with Gasteiger partial charge in [0.05, 0.1) is 11.4 Å². The summed E-state index contributed by atoms with van der Waals surface area (Å²) in [5, 5.41) is 4.72. The molecule has 0 bridgehead atoms. The summed E-state index contributed by atoms with van der Waals surface area (Å²) in [5.74, 6) is 1.92.